The molecule has 120 valence electrons. The average molecular weight is 348 g/mol. The summed E-state index contributed by atoms with van der Waals surface area (Å²) in [5.41, 5.74) is 0.396. The first kappa shape index (κ1) is 18.5. The molecule has 1 aromatic heterocycles. The van der Waals surface area contributed by atoms with Gasteiger partial charge >= 0.3 is 0 Å². The van der Waals surface area contributed by atoms with E-state index in [9.17, 15) is 13.6 Å². The number of hydrogen-bond donors (Lipinski definition) is 2. The molecule has 2 N–H and O–H groups in total. The largest absolute Gasteiger partial charge is 0.319 e. The number of benzene rings is 1. The number of amides is 1. The van der Waals surface area contributed by atoms with E-state index in [4.69, 9.17) is 0 Å². The molecule has 2 aromatic rings. The molecule has 0 saturated carbocycles. The van der Waals surface area contributed by atoms with Gasteiger partial charge in [-0.3, -0.25) is 4.79 Å². The van der Waals surface area contributed by atoms with Crippen LogP contribution in [0.2, 0.25) is 0 Å². The lowest BCUT2D eigenvalue weighted by Gasteiger charge is -2.01. The quantitative estimate of drug-likeness (QED) is 0.844. The second-order valence-electron chi connectivity index (χ2n) is 4.45. The number of carbonyl (C=O) groups is 1. The minimum absolute atomic E-state index is 0. The Labute approximate surface area is 137 Å². The van der Waals surface area contributed by atoms with E-state index in [2.05, 4.69) is 15.6 Å². The second kappa shape index (κ2) is 8.77. The zero-order valence-corrected chi connectivity index (χ0v) is 13.5. The number of hydrogen-bond acceptors (Lipinski definition) is 4. The van der Waals surface area contributed by atoms with Crippen LogP contribution in [0.25, 0.3) is 0 Å². The van der Waals surface area contributed by atoms with Crippen LogP contribution < -0.4 is 10.6 Å². The Morgan fingerprint density at radius 3 is 2.82 bits per heavy atom. The highest BCUT2D eigenvalue weighted by Crippen LogP contribution is 2.22. The molecule has 22 heavy (non-hydrogen) atoms. The summed E-state index contributed by atoms with van der Waals surface area (Å²) >= 11 is 1.28. The van der Waals surface area contributed by atoms with E-state index >= 15 is 0 Å². The fourth-order valence-electron chi connectivity index (χ4n) is 1.72. The monoisotopic (exact) mass is 347 g/mol. The molecule has 4 nitrogen and oxygen atoms in total. The van der Waals surface area contributed by atoms with Gasteiger partial charge in [-0.05, 0) is 18.7 Å². The number of anilines is 1. The molecule has 1 aromatic carbocycles. The van der Waals surface area contributed by atoms with Gasteiger partial charge < -0.3 is 10.6 Å². The summed E-state index contributed by atoms with van der Waals surface area (Å²) in [4.78, 5) is 16.4. The molecule has 0 aliphatic rings. The molecule has 0 aliphatic heterocycles. The number of halogens is 3. The van der Waals surface area contributed by atoms with Gasteiger partial charge in [-0.1, -0.05) is 6.07 Å². The summed E-state index contributed by atoms with van der Waals surface area (Å²) in [6.07, 6.45) is 2.26. The number of carbonyl (C=O) groups excluding carboxylic acids is 1. The second-order valence-corrected chi connectivity index (χ2v) is 5.56. The van der Waals surface area contributed by atoms with Crippen molar-refractivity contribution in [2.24, 2.45) is 0 Å². The van der Waals surface area contributed by atoms with E-state index in [1.807, 2.05) is 0 Å². The van der Waals surface area contributed by atoms with Crippen molar-refractivity contribution in [3.63, 3.8) is 0 Å². The van der Waals surface area contributed by atoms with Crippen LogP contribution in [0, 0.1) is 11.6 Å². The van der Waals surface area contributed by atoms with Gasteiger partial charge in [-0.2, -0.15) is 0 Å². The molecule has 0 radical (unpaired) electrons. The summed E-state index contributed by atoms with van der Waals surface area (Å²) in [5, 5.41) is 6.04. The van der Waals surface area contributed by atoms with Gasteiger partial charge in [0.15, 0.2) is 5.13 Å². The van der Waals surface area contributed by atoms with E-state index in [0.29, 0.717) is 30.1 Å². The Bertz CT molecular complexity index is 636. The Hall–Kier alpha value is -1.57. The van der Waals surface area contributed by atoms with Gasteiger partial charge in [0.25, 0.3) is 0 Å². The van der Waals surface area contributed by atoms with Crippen LogP contribution in [-0.2, 0) is 11.2 Å². The summed E-state index contributed by atoms with van der Waals surface area (Å²) in [6, 6.07) is 3.49. The Morgan fingerprint density at radius 1 is 1.36 bits per heavy atom. The molecule has 0 atom stereocenters. The van der Waals surface area contributed by atoms with Crippen LogP contribution >= 0.6 is 23.7 Å². The number of rotatable bonds is 6. The lowest BCUT2D eigenvalue weighted by atomic mass is 10.1. The highest BCUT2D eigenvalue weighted by Gasteiger charge is 2.09. The highest BCUT2D eigenvalue weighted by atomic mass is 35.5. The van der Waals surface area contributed by atoms with E-state index in [-0.39, 0.29) is 18.3 Å². The van der Waals surface area contributed by atoms with Crippen molar-refractivity contribution in [1.82, 2.24) is 10.3 Å². The average Bonchev–Trinajstić information content (AvgIpc) is 2.87. The fraction of sp³-hybridized carbons (Fsp3) is 0.286. The van der Waals surface area contributed by atoms with E-state index < -0.39 is 11.6 Å². The Balaban J connectivity index is 0.00000242. The van der Waals surface area contributed by atoms with E-state index in [0.717, 1.165) is 10.9 Å². The number of aromatic nitrogens is 1. The van der Waals surface area contributed by atoms with Crippen molar-refractivity contribution in [3.05, 3.63) is 46.5 Å². The molecule has 2 rings (SSSR count). The van der Waals surface area contributed by atoms with Gasteiger partial charge in [0, 0.05) is 36.5 Å². The van der Waals surface area contributed by atoms with Crippen LogP contribution in [0.1, 0.15) is 16.9 Å². The van der Waals surface area contributed by atoms with E-state index in [1.165, 1.54) is 23.5 Å². The minimum Gasteiger partial charge on any atom is -0.319 e. The van der Waals surface area contributed by atoms with Crippen molar-refractivity contribution in [2.45, 2.75) is 12.8 Å². The zero-order chi connectivity index (χ0) is 15.2. The summed E-state index contributed by atoms with van der Waals surface area (Å²) < 4.78 is 26.4. The first-order chi connectivity index (χ1) is 10.1. The third-order valence-electron chi connectivity index (χ3n) is 2.78. The summed E-state index contributed by atoms with van der Waals surface area (Å²) in [6.45, 7) is 0.588. The van der Waals surface area contributed by atoms with Crippen LogP contribution in [-0.4, -0.2) is 24.5 Å². The first-order valence-corrected chi connectivity index (χ1v) is 7.23. The standard InChI is InChI=1S/C14H15F2N3OS.ClH/c1-17-5-4-13(20)19-14-18-8-11(21-14)6-9-2-3-10(15)7-12(9)16;/h2-3,7-8,17H,4-6H2,1H3,(H,18,19,20);1H. The maximum absolute atomic E-state index is 13.6. The molecule has 0 aliphatic carbocycles. The maximum atomic E-state index is 13.6. The molecule has 0 saturated heterocycles. The van der Waals surface area contributed by atoms with Gasteiger partial charge in [0.1, 0.15) is 11.6 Å². The van der Waals surface area contributed by atoms with Gasteiger partial charge in [-0.25, -0.2) is 13.8 Å². The first-order valence-electron chi connectivity index (χ1n) is 6.41. The summed E-state index contributed by atoms with van der Waals surface area (Å²) in [5.74, 6) is -1.31. The third-order valence-corrected chi connectivity index (χ3v) is 3.69. The van der Waals surface area contributed by atoms with E-state index in [1.54, 1.807) is 13.2 Å². The Morgan fingerprint density at radius 2 is 2.14 bits per heavy atom. The lowest BCUT2D eigenvalue weighted by Crippen LogP contribution is -2.18. The number of nitrogens with zero attached hydrogens (tertiary/aromatic N) is 1. The molecule has 8 heteroatoms. The number of nitrogens with one attached hydrogen (secondary N) is 2. The van der Waals surface area contributed by atoms with Crippen molar-refractivity contribution >= 4 is 34.8 Å². The van der Waals surface area contributed by atoms with Crippen molar-refractivity contribution in [3.8, 4) is 0 Å². The third kappa shape index (κ3) is 5.32. The van der Waals surface area contributed by atoms with Gasteiger partial charge in [0.2, 0.25) is 5.91 Å². The molecule has 0 bridgehead atoms. The highest BCUT2D eigenvalue weighted by molar-refractivity contribution is 7.15. The molecule has 0 fully saturated rings. The van der Waals surface area contributed by atoms with Crippen LogP contribution in [0.3, 0.4) is 0 Å². The van der Waals surface area contributed by atoms with Crippen LogP contribution in [0.4, 0.5) is 13.9 Å². The summed E-state index contributed by atoms with van der Waals surface area (Å²) in [7, 11) is 1.77. The van der Waals surface area contributed by atoms with Crippen LogP contribution in [0.15, 0.2) is 24.4 Å². The SMILES string of the molecule is CNCCC(=O)Nc1ncc(Cc2ccc(F)cc2F)s1.Cl. The van der Waals surface area contributed by atoms with Gasteiger partial charge in [-0.15, -0.1) is 23.7 Å². The predicted octanol–water partition coefficient (Wildman–Crippen LogP) is 2.98. The fourth-order valence-corrected chi connectivity index (χ4v) is 2.57. The molecule has 0 spiro atoms. The normalized spacial score (nSPS) is 10.1. The Kier molecular flexibility index (Phi) is 7.37. The molecule has 0 unspecified atom stereocenters. The molecule has 1 heterocycles. The lowest BCUT2D eigenvalue weighted by molar-refractivity contribution is -0.116. The van der Waals surface area contributed by atoms with Crippen LogP contribution in [0.5, 0.6) is 0 Å². The molecule has 1 amide bonds. The van der Waals surface area contributed by atoms with Crippen molar-refractivity contribution in [2.75, 3.05) is 18.9 Å². The molecular formula is C14H16ClF2N3OS. The van der Waals surface area contributed by atoms with Gasteiger partial charge in [0.05, 0.1) is 0 Å². The van der Waals surface area contributed by atoms with Crippen molar-refractivity contribution in [1.29, 1.82) is 0 Å². The van der Waals surface area contributed by atoms with Crippen molar-refractivity contribution < 1.29 is 13.6 Å². The molecular weight excluding hydrogens is 332 g/mol. The smallest absolute Gasteiger partial charge is 0.227 e. The topological polar surface area (TPSA) is 54.0 Å². The maximum Gasteiger partial charge on any atom is 0.227 e. The number of thiazole rings is 1. The zero-order valence-electron chi connectivity index (χ0n) is 11.9. The minimum atomic E-state index is -0.599. The predicted molar refractivity (Wildman–Crippen MR) is 85.7 cm³/mol.